The predicted octanol–water partition coefficient (Wildman–Crippen LogP) is 4.11. The Bertz CT molecular complexity index is 1420. The maximum atomic E-state index is 13.4. The SMILES string of the molecule is Cc1nc(-c2ccc(NC(=O)c3ccc(NS(=O)(=O)c4ccc(F)c(F)c4)cc3)cc2)n[nH]1. The molecule has 0 aliphatic carbocycles. The molecular weight excluding hydrogens is 452 g/mol. The normalized spacial score (nSPS) is 11.2. The van der Waals surface area contributed by atoms with E-state index < -0.39 is 32.5 Å². The lowest BCUT2D eigenvalue weighted by Crippen LogP contribution is -2.14. The number of halogens is 2. The average Bonchev–Trinajstić information content (AvgIpc) is 3.22. The number of hydrogen-bond donors (Lipinski definition) is 3. The van der Waals surface area contributed by atoms with Crippen LogP contribution >= 0.6 is 0 Å². The lowest BCUT2D eigenvalue weighted by Gasteiger charge is -2.10. The summed E-state index contributed by atoms with van der Waals surface area (Å²) >= 11 is 0. The molecule has 0 unspecified atom stereocenters. The van der Waals surface area contributed by atoms with Crippen molar-refractivity contribution in [2.45, 2.75) is 11.8 Å². The van der Waals surface area contributed by atoms with Crippen molar-refractivity contribution in [3.05, 3.63) is 89.8 Å². The smallest absolute Gasteiger partial charge is 0.261 e. The van der Waals surface area contributed by atoms with E-state index in [1.54, 1.807) is 31.2 Å². The zero-order valence-electron chi connectivity index (χ0n) is 17.1. The van der Waals surface area contributed by atoms with Crippen LogP contribution in [-0.2, 0) is 10.0 Å². The number of benzene rings is 3. The van der Waals surface area contributed by atoms with Gasteiger partial charge in [0.25, 0.3) is 15.9 Å². The largest absolute Gasteiger partial charge is 0.322 e. The second-order valence-corrected chi connectivity index (χ2v) is 8.72. The molecule has 3 N–H and O–H groups in total. The van der Waals surface area contributed by atoms with Gasteiger partial charge in [-0.25, -0.2) is 22.2 Å². The summed E-state index contributed by atoms with van der Waals surface area (Å²) < 4.78 is 53.4. The first kappa shape index (κ1) is 22.1. The molecule has 33 heavy (non-hydrogen) atoms. The highest BCUT2D eigenvalue weighted by atomic mass is 32.2. The molecule has 0 saturated carbocycles. The molecule has 0 aliphatic rings. The molecule has 0 atom stereocenters. The van der Waals surface area contributed by atoms with Crippen molar-refractivity contribution in [2.24, 2.45) is 0 Å². The van der Waals surface area contributed by atoms with E-state index in [4.69, 9.17) is 0 Å². The molecule has 0 fully saturated rings. The molecule has 0 spiro atoms. The van der Waals surface area contributed by atoms with Gasteiger partial charge in [-0.15, -0.1) is 0 Å². The first-order chi connectivity index (χ1) is 15.7. The van der Waals surface area contributed by atoms with E-state index in [1.165, 1.54) is 24.3 Å². The van der Waals surface area contributed by atoms with Crippen molar-refractivity contribution >= 4 is 27.3 Å². The van der Waals surface area contributed by atoms with Gasteiger partial charge in [-0.3, -0.25) is 14.6 Å². The lowest BCUT2D eigenvalue weighted by atomic mass is 10.1. The van der Waals surface area contributed by atoms with E-state index in [-0.39, 0.29) is 5.69 Å². The van der Waals surface area contributed by atoms with Crippen molar-refractivity contribution in [3.8, 4) is 11.4 Å². The van der Waals surface area contributed by atoms with Crippen molar-refractivity contribution in [3.63, 3.8) is 0 Å². The summed E-state index contributed by atoms with van der Waals surface area (Å²) in [5.74, 6) is -1.57. The molecule has 1 amide bonds. The summed E-state index contributed by atoms with van der Waals surface area (Å²) in [6.07, 6.45) is 0. The third kappa shape index (κ3) is 5.04. The van der Waals surface area contributed by atoms with Gasteiger partial charge >= 0.3 is 0 Å². The minimum atomic E-state index is -4.13. The number of anilines is 2. The van der Waals surface area contributed by atoms with E-state index in [0.717, 1.165) is 17.7 Å². The average molecular weight is 469 g/mol. The molecular formula is C22H17F2N5O3S. The Kier molecular flexibility index (Phi) is 5.88. The highest BCUT2D eigenvalue weighted by molar-refractivity contribution is 7.92. The number of sulfonamides is 1. The lowest BCUT2D eigenvalue weighted by molar-refractivity contribution is 0.102. The molecule has 4 rings (SSSR count). The topological polar surface area (TPSA) is 117 Å². The van der Waals surface area contributed by atoms with Gasteiger partial charge in [-0.2, -0.15) is 5.10 Å². The molecule has 11 heteroatoms. The summed E-state index contributed by atoms with van der Waals surface area (Å²) in [4.78, 5) is 16.3. The number of carbonyl (C=O) groups is 1. The van der Waals surface area contributed by atoms with Crippen LogP contribution in [0.4, 0.5) is 20.2 Å². The number of carbonyl (C=O) groups excluding carboxylic acids is 1. The predicted molar refractivity (Wildman–Crippen MR) is 118 cm³/mol. The van der Waals surface area contributed by atoms with Crippen molar-refractivity contribution < 1.29 is 22.0 Å². The standard InChI is InChI=1S/C22H17F2N5O3S/c1-13-25-21(28-27-13)14-2-6-16(7-3-14)26-22(30)15-4-8-17(9-5-15)29-33(31,32)18-10-11-19(23)20(24)12-18/h2-12,29H,1H3,(H,26,30)(H,25,27,28). The zero-order valence-corrected chi connectivity index (χ0v) is 18.0. The van der Waals surface area contributed by atoms with Crippen LogP contribution in [0.5, 0.6) is 0 Å². The number of rotatable bonds is 6. The Hall–Kier alpha value is -4.12. The number of nitrogens with one attached hydrogen (secondary N) is 3. The fraction of sp³-hybridized carbons (Fsp3) is 0.0455. The number of aromatic nitrogens is 3. The molecule has 3 aromatic carbocycles. The second kappa shape index (κ2) is 8.79. The van der Waals surface area contributed by atoms with Crippen LogP contribution in [0.25, 0.3) is 11.4 Å². The third-order valence-electron chi connectivity index (χ3n) is 4.60. The number of nitrogens with zero attached hydrogens (tertiary/aromatic N) is 2. The van der Waals surface area contributed by atoms with Gasteiger partial charge in [0, 0.05) is 22.5 Å². The zero-order chi connectivity index (χ0) is 23.6. The summed E-state index contributed by atoms with van der Waals surface area (Å²) in [6.45, 7) is 1.80. The number of H-pyrrole nitrogens is 1. The van der Waals surface area contributed by atoms with Crippen LogP contribution < -0.4 is 10.0 Å². The van der Waals surface area contributed by atoms with Crippen molar-refractivity contribution in [1.29, 1.82) is 0 Å². The maximum absolute atomic E-state index is 13.4. The maximum Gasteiger partial charge on any atom is 0.261 e. The minimum Gasteiger partial charge on any atom is -0.322 e. The highest BCUT2D eigenvalue weighted by Gasteiger charge is 2.17. The summed E-state index contributed by atoms with van der Waals surface area (Å²) in [6, 6.07) is 14.9. The molecule has 8 nitrogen and oxygen atoms in total. The molecule has 0 aliphatic heterocycles. The van der Waals surface area contributed by atoms with E-state index >= 15 is 0 Å². The number of aromatic amines is 1. The Balaban J connectivity index is 1.42. The van der Waals surface area contributed by atoms with Gasteiger partial charge in [0.05, 0.1) is 4.90 Å². The van der Waals surface area contributed by atoms with Gasteiger partial charge in [0.1, 0.15) is 5.82 Å². The van der Waals surface area contributed by atoms with Crippen LogP contribution in [0, 0.1) is 18.6 Å². The van der Waals surface area contributed by atoms with Crippen LogP contribution in [-0.4, -0.2) is 29.5 Å². The van der Waals surface area contributed by atoms with Crippen LogP contribution in [0.3, 0.4) is 0 Å². The van der Waals surface area contributed by atoms with Gasteiger partial charge in [-0.1, -0.05) is 0 Å². The molecule has 1 heterocycles. The van der Waals surface area contributed by atoms with E-state index in [0.29, 0.717) is 29.0 Å². The first-order valence-electron chi connectivity index (χ1n) is 9.60. The molecule has 168 valence electrons. The van der Waals surface area contributed by atoms with Crippen LogP contribution in [0.15, 0.2) is 71.6 Å². The fourth-order valence-electron chi connectivity index (χ4n) is 2.93. The second-order valence-electron chi connectivity index (χ2n) is 7.03. The minimum absolute atomic E-state index is 0.155. The van der Waals surface area contributed by atoms with Gasteiger partial charge in [0.2, 0.25) is 0 Å². The Morgan fingerprint density at radius 2 is 1.58 bits per heavy atom. The van der Waals surface area contributed by atoms with Gasteiger partial charge in [0.15, 0.2) is 17.5 Å². The molecule has 4 aromatic rings. The fourth-order valence-corrected chi connectivity index (χ4v) is 4.00. The Labute approximate surface area is 187 Å². The third-order valence-corrected chi connectivity index (χ3v) is 5.98. The molecule has 0 saturated heterocycles. The van der Waals surface area contributed by atoms with E-state index in [2.05, 4.69) is 25.2 Å². The van der Waals surface area contributed by atoms with Gasteiger partial charge < -0.3 is 5.32 Å². The monoisotopic (exact) mass is 469 g/mol. The highest BCUT2D eigenvalue weighted by Crippen LogP contribution is 2.21. The van der Waals surface area contributed by atoms with Crippen molar-refractivity contribution in [1.82, 2.24) is 15.2 Å². The van der Waals surface area contributed by atoms with E-state index in [9.17, 15) is 22.0 Å². The molecule has 0 bridgehead atoms. The summed E-state index contributed by atoms with van der Waals surface area (Å²) in [5.41, 5.74) is 1.79. The quantitative estimate of drug-likeness (QED) is 0.393. The Morgan fingerprint density at radius 3 is 2.18 bits per heavy atom. The number of amides is 1. The molecule has 0 radical (unpaired) electrons. The van der Waals surface area contributed by atoms with E-state index in [1.807, 2.05) is 0 Å². The van der Waals surface area contributed by atoms with Gasteiger partial charge in [-0.05, 0) is 73.7 Å². The van der Waals surface area contributed by atoms with Crippen molar-refractivity contribution in [2.75, 3.05) is 10.0 Å². The summed E-state index contributed by atoms with van der Waals surface area (Å²) in [7, 11) is -4.13. The first-order valence-corrected chi connectivity index (χ1v) is 11.1. The van der Waals surface area contributed by atoms with Crippen LogP contribution in [0.2, 0.25) is 0 Å². The number of hydrogen-bond acceptors (Lipinski definition) is 5. The number of aryl methyl sites for hydroxylation is 1. The Morgan fingerprint density at radius 1 is 0.909 bits per heavy atom. The summed E-state index contributed by atoms with van der Waals surface area (Å²) in [5, 5.41) is 9.58. The molecule has 1 aromatic heterocycles. The van der Waals surface area contributed by atoms with Crippen LogP contribution in [0.1, 0.15) is 16.2 Å².